The van der Waals surface area contributed by atoms with Crippen LogP contribution in [0.15, 0.2) is 72.8 Å². The van der Waals surface area contributed by atoms with Crippen LogP contribution in [0, 0.1) is 0 Å². The summed E-state index contributed by atoms with van der Waals surface area (Å²) in [5.41, 5.74) is 9.42. The largest absolute Gasteiger partial charge is 0.369 e. The van der Waals surface area contributed by atoms with E-state index in [1.54, 1.807) is 0 Å². The van der Waals surface area contributed by atoms with Crippen molar-refractivity contribution in [3.8, 4) is 0 Å². The van der Waals surface area contributed by atoms with Gasteiger partial charge in [0.15, 0.2) is 5.78 Å². The van der Waals surface area contributed by atoms with Crippen LogP contribution in [0.1, 0.15) is 73.5 Å². The van der Waals surface area contributed by atoms with Gasteiger partial charge in [0, 0.05) is 17.5 Å². The van der Waals surface area contributed by atoms with E-state index in [9.17, 15) is 9.59 Å². The van der Waals surface area contributed by atoms with Crippen molar-refractivity contribution in [1.29, 1.82) is 0 Å². The first-order valence-corrected chi connectivity index (χ1v) is 16.1. The summed E-state index contributed by atoms with van der Waals surface area (Å²) in [5, 5.41) is 1.10. The summed E-state index contributed by atoms with van der Waals surface area (Å²) in [5.74, 6) is -0.0973. The lowest BCUT2D eigenvalue weighted by atomic mass is 9.71. The van der Waals surface area contributed by atoms with Crippen LogP contribution in [0.5, 0.6) is 0 Å². The van der Waals surface area contributed by atoms with Crippen LogP contribution in [0.2, 0.25) is 10.0 Å². The molecule has 0 aliphatic carbocycles. The molecule has 2 aliphatic heterocycles. The molecule has 5 rings (SSSR count). The Labute approximate surface area is 266 Å². The lowest BCUT2D eigenvalue weighted by molar-refractivity contribution is -0.125. The highest BCUT2D eigenvalue weighted by molar-refractivity contribution is 6.42. The highest BCUT2D eigenvalue weighted by Gasteiger charge is 2.43. The van der Waals surface area contributed by atoms with Crippen LogP contribution in [-0.4, -0.2) is 60.8 Å². The van der Waals surface area contributed by atoms with Crippen molar-refractivity contribution in [2.45, 2.75) is 62.7 Å². The number of ketones is 1. The number of primary amides is 1. The molecule has 3 aromatic rings. The predicted molar refractivity (Wildman–Crippen MR) is 176 cm³/mol. The lowest BCUT2D eigenvalue weighted by Crippen LogP contribution is -2.50. The smallest absolute Gasteiger partial charge is 0.228 e. The number of rotatable bonds is 9. The number of likely N-dealkylation sites (tertiary alicyclic amines) is 2. The van der Waals surface area contributed by atoms with E-state index >= 15 is 0 Å². The van der Waals surface area contributed by atoms with E-state index in [4.69, 9.17) is 28.9 Å². The molecule has 0 spiro atoms. The third-order valence-corrected chi connectivity index (χ3v) is 10.6. The van der Waals surface area contributed by atoms with E-state index in [0.717, 1.165) is 56.7 Å². The van der Waals surface area contributed by atoms with Crippen LogP contribution in [0.25, 0.3) is 0 Å². The van der Waals surface area contributed by atoms with Crippen LogP contribution in [0.3, 0.4) is 0 Å². The summed E-state index contributed by atoms with van der Waals surface area (Å²) < 4.78 is 0. The molecule has 2 aliphatic rings. The van der Waals surface area contributed by atoms with E-state index in [1.807, 2.05) is 54.6 Å². The van der Waals surface area contributed by atoms with Gasteiger partial charge in [0.25, 0.3) is 0 Å². The maximum Gasteiger partial charge on any atom is 0.228 e. The molecule has 7 heteroatoms. The highest BCUT2D eigenvalue weighted by Crippen LogP contribution is 2.41. The Hall–Kier alpha value is -2.70. The molecule has 2 fully saturated rings. The number of hydrogen-bond acceptors (Lipinski definition) is 4. The Kier molecular flexibility index (Phi) is 9.39. The van der Waals surface area contributed by atoms with Crippen molar-refractivity contribution in [3.05, 3.63) is 105 Å². The van der Waals surface area contributed by atoms with Gasteiger partial charge in [-0.1, -0.05) is 105 Å². The first-order valence-electron chi connectivity index (χ1n) is 15.3. The summed E-state index contributed by atoms with van der Waals surface area (Å²) in [7, 11) is 0. The highest BCUT2D eigenvalue weighted by atomic mass is 35.5. The van der Waals surface area contributed by atoms with Crippen molar-refractivity contribution in [1.82, 2.24) is 9.80 Å². The molecule has 1 amide bonds. The molecule has 228 valence electrons. The maximum absolute atomic E-state index is 13.3. The monoisotopic (exact) mass is 619 g/mol. The molecule has 0 bridgehead atoms. The Bertz CT molecular complexity index is 1440. The number of nitrogens with zero attached hydrogens (tertiary/aromatic N) is 2. The molecule has 0 saturated carbocycles. The number of amides is 1. The fourth-order valence-corrected chi connectivity index (χ4v) is 7.22. The zero-order valence-electron chi connectivity index (χ0n) is 25.5. The van der Waals surface area contributed by atoms with Gasteiger partial charge in [-0.15, -0.1) is 0 Å². The van der Waals surface area contributed by atoms with Crippen molar-refractivity contribution in [2.75, 3.05) is 39.3 Å². The third-order valence-electron chi connectivity index (χ3n) is 9.82. The van der Waals surface area contributed by atoms with Crippen molar-refractivity contribution in [3.63, 3.8) is 0 Å². The number of Topliss-reactive ketones (excluding diaryl/α,β-unsaturated/α-hetero) is 1. The first kappa shape index (κ1) is 31.7. The number of carbonyl (C=O) groups is 2. The van der Waals surface area contributed by atoms with Gasteiger partial charge in [0.1, 0.15) is 0 Å². The summed E-state index contributed by atoms with van der Waals surface area (Å²) in [4.78, 5) is 30.7. The second kappa shape index (κ2) is 12.7. The molecule has 1 unspecified atom stereocenters. The van der Waals surface area contributed by atoms with Gasteiger partial charge in [-0.3, -0.25) is 14.5 Å². The predicted octanol–water partition coefficient (Wildman–Crippen LogP) is 7.03. The van der Waals surface area contributed by atoms with Crippen molar-refractivity contribution < 1.29 is 9.59 Å². The molecular weight excluding hydrogens is 577 g/mol. The minimum Gasteiger partial charge on any atom is -0.369 e. The second-order valence-electron chi connectivity index (χ2n) is 13.5. The van der Waals surface area contributed by atoms with Gasteiger partial charge in [-0.05, 0) is 86.1 Å². The molecule has 0 aromatic heterocycles. The summed E-state index contributed by atoms with van der Waals surface area (Å²) in [6.07, 6.45) is 3.27. The Balaban J connectivity index is 1.28. The molecule has 2 heterocycles. The fourth-order valence-electron chi connectivity index (χ4n) is 6.92. The zero-order chi connectivity index (χ0) is 30.8. The first-order chi connectivity index (χ1) is 20.4. The van der Waals surface area contributed by atoms with E-state index in [-0.39, 0.29) is 22.5 Å². The van der Waals surface area contributed by atoms with Crippen LogP contribution in [-0.2, 0) is 21.0 Å². The summed E-state index contributed by atoms with van der Waals surface area (Å²) >= 11 is 12.8. The molecular formula is C36H43Cl2N3O2. The number of carbonyl (C=O) groups excluding carboxylic acids is 2. The lowest BCUT2D eigenvalue weighted by Gasteiger charge is -2.41. The maximum atomic E-state index is 13.3. The van der Waals surface area contributed by atoms with Crippen molar-refractivity contribution in [2.24, 2.45) is 5.73 Å². The Morgan fingerprint density at radius 1 is 0.814 bits per heavy atom. The molecule has 3 aromatic carbocycles. The van der Waals surface area contributed by atoms with Gasteiger partial charge in [0.2, 0.25) is 5.91 Å². The van der Waals surface area contributed by atoms with E-state index < -0.39 is 5.41 Å². The molecule has 5 nitrogen and oxygen atoms in total. The van der Waals surface area contributed by atoms with E-state index in [2.05, 4.69) is 48.8 Å². The summed E-state index contributed by atoms with van der Waals surface area (Å²) in [6, 6.07) is 24.0. The molecule has 2 N–H and O–H groups in total. The zero-order valence-corrected chi connectivity index (χ0v) is 27.1. The minimum absolute atomic E-state index is 0.0488. The van der Waals surface area contributed by atoms with Gasteiger partial charge < -0.3 is 10.6 Å². The number of piperidine rings is 1. The third kappa shape index (κ3) is 6.86. The normalized spacial score (nSPS) is 21.1. The van der Waals surface area contributed by atoms with Gasteiger partial charge in [0.05, 0.1) is 22.0 Å². The number of nitrogens with two attached hydrogens (primary N) is 1. The topological polar surface area (TPSA) is 66.6 Å². The minimum atomic E-state index is -0.616. The Morgan fingerprint density at radius 3 is 2.07 bits per heavy atom. The standard InChI is InChI=1S/C36H43Cl2N3O2/c1-34(2,3)27-11-9-26(10-12-27)32(42)24-41-20-16-35(25-41,29-13-14-30(37)31(38)23-29)15-19-40-21-17-36(18-22-40,33(39)43)28-7-5-4-6-8-28/h4-14,23H,15-22,24-25H2,1-3H3,(H2,39,43). The summed E-state index contributed by atoms with van der Waals surface area (Å²) in [6.45, 7) is 11.0. The average molecular weight is 621 g/mol. The van der Waals surface area contributed by atoms with Crippen LogP contribution < -0.4 is 5.73 Å². The second-order valence-corrected chi connectivity index (χ2v) is 14.3. The van der Waals surface area contributed by atoms with Crippen LogP contribution >= 0.6 is 23.2 Å². The molecule has 0 radical (unpaired) electrons. The molecule has 2 saturated heterocycles. The van der Waals surface area contributed by atoms with E-state index in [0.29, 0.717) is 29.4 Å². The fraction of sp³-hybridized carbons (Fsp3) is 0.444. The van der Waals surface area contributed by atoms with Crippen molar-refractivity contribution >= 4 is 34.9 Å². The molecule has 1 atom stereocenters. The Morgan fingerprint density at radius 2 is 1.47 bits per heavy atom. The molecule has 43 heavy (non-hydrogen) atoms. The van der Waals surface area contributed by atoms with E-state index in [1.165, 1.54) is 11.1 Å². The quantitative estimate of drug-likeness (QED) is 0.261. The number of hydrogen-bond donors (Lipinski definition) is 1. The SMILES string of the molecule is CC(C)(C)c1ccc(C(=O)CN2CCC(CCN3CCC(C(N)=O)(c4ccccc4)CC3)(c3ccc(Cl)c(Cl)c3)C2)cc1. The number of benzene rings is 3. The van der Waals surface area contributed by atoms with Gasteiger partial charge in [-0.2, -0.15) is 0 Å². The van der Waals surface area contributed by atoms with Gasteiger partial charge in [-0.25, -0.2) is 0 Å². The van der Waals surface area contributed by atoms with Crippen LogP contribution in [0.4, 0.5) is 0 Å². The average Bonchev–Trinajstić information content (AvgIpc) is 3.41. The van der Waals surface area contributed by atoms with Gasteiger partial charge >= 0.3 is 0 Å². The number of halogens is 2.